The number of hydrogen-bond donors (Lipinski definition) is 2. The molecular weight excluding hydrogens is 193 g/mol. The summed E-state index contributed by atoms with van der Waals surface area (Å²) in [5, 5.41) is 16.7. The minimum Gasteiger partial charge on any atom is -0.809 e. The summed E-state index contributed by atoms with van der Waals surface area (Å²) in [6, 6.07) is 0. The van der Waals surface area contributed by atoms with Gasteiger partial charge in [0.2, 0.25) is 0 Å². The van der Waals surface area contributed by atoms with Crippen molar-refractivity contribution in [2.75, 3.05) is 0 Å². The minimum atomic E-state index is -5.01. The second kappa shape index (κ2) is 7.47. The Morgan fingerprint density at radius 2 is 1.55 bits per heavy atom. The Kier molecular flexibility index (Phi) is 12.8. The van der Waals surface area contributed by atoms with E-state index >= 15 is 0 Å². The molecule has 0 aromatic carbocycles. The molecule has 2 unspecified atom stereocenters. The van der Waals surface area contributed by atoms with E-state index < -0.39 is 19.5 Å². The van der Waals surface area contributed by atoms with Gasteiger partial charge in [0, 0.05) is 0 Å². The van der Waals surface area contributed by atoms with E-state index in [4.69, 9.17) is 10.2 Å². The predicted molar refractivity (Wildman–Crippen MR) is 25.3 cm³/mol. The normalized spacial score (nSPS) is 15.7. The van der Waals surface area contributed by atoms with Crippen LogP contribution >= 0.6 is 7.60 Å². The van der Waals surface area contributed by atoms with E-state index in [9.17, 15) is 14.4 Å². The maximum Gasteiger partial charge on any atom is 1.00 e. The van der Waals surface area contributed by atoms with Crippen LogP contribution < -0.4 is 68.9 Å². The van der Waals surface area contributed by atoms with Crippen molar-refractivity contribution in [2.24, 2.45) is 0 Å². The number of hydrogen-bond acceptors (Lipinski definition) is 5. The van der Waals surface area contributed by atoms with Gasteiger partial charge < -0.3 is 24.6 Å². The first-order valence-corrected chi connectivity index (χ1v) is 3.84. The molecule has 0 aromatic rings. The third-order valence-electron chi connectivity index (χ3n) is 0.755. The van der Waals surface area contributed by atoms with Crippen molar-refractivity contribution in [2.45, 2.75) is 18.9 Å². The number of rotatable bonds is 2. The minimum absolute atomic E-state index is 0. The van der Waals surface area contributed by atoms with E-state index in [1.54, 1.807) is 0 Å². The molecule has 11 heavy (non-hydrogen) atoms. The van der Waals surface area contributed by atoms with E-state index in [2.05, 4.69) is 0 Å². The van der Waals surface area contributed by atoms with Gasteiger partial charge in [-0.05, 0) is 14.5 Å². The molecular formula is C3H7Na2O5P. The van der Waals surface area contributed by atoms with Crippen molar-refractivity contribution in [3.05, 3.63) is 0 Å². The summed E-state index contributed by atoms with van der Waals surface area (Å²) in [4.78, 5) is 19.7. The Bertz CT molecular complexity index is 134. The smallest absolute Gasteiger partial charge is 0.809 e. The number of aliphatic hydroxyl groups is 2. The Morgan fingerprint density at radius 1 is 1.27 bits per heavy atom. The Labute approximate surface area is 109 Å². The molecule has 0 heterocycles. The first kappa shape index (κ1) is 18.8. The van der Waals surface area contributed by atoms with E-state index in [0.29, 0.717) is 0 Å². The van der Waals surface area contributed by atoms with Crippen molar-refractivity contribution in [3.63, 3.8) is 0 Å². The van der Waals surface area contributed by atoms with Crippen molar-refractivity contribution in [1.82, 2.24) is 0 Å². The fourth-order valence-electron chi connectivity index (χ4n) is 0.264. The average molecular weight is 200 g/mol. The maximum absolute atomic E-state index is 9.83. The van der Waals surface area contributed by atoms with Gasteiger partial charge in [0.1, 0.15) is 5.85 Å². The van der Waals surface area contributed by atoms with Crippen LogP contribution in [0.1, 0.15) is 6.92 Å². The topological polar surface area (TPSA) is 104 Å². The van der Waals surface area contributed by atoms with E-state index in [0.717, 1.165) is 6.92 Å². The van der Waals surface area contributed by atoms with Crippen molar-refractivity contribution in [3.8, 4) is 0 Å². The Hall–Kier alpha value is 2.07. The van der Waals surface area contributed by atoms with Gasteiger partial charge in [0.25, 0.3) is 0 Å². The first-order chi connectivity index (χ1) is 3.85. The summed E-state index contributed by atoms with van der Waals surface area (Å²) < 4.78 is 9.83. The van der Waals surface area contributed by atoms with Crippen LogP contribution in [0.25, 0.3) is 0 Å². The van der Waals surface area contributed by atoms with Crippen molar-refractivity contribution < 1.29 is 83.7 Å². The van der Waals surface area contributed by atoms with Crippen LogP contribution in [0.3, 0.4) is 0 Å². The predicted octanol–water partition coefficient (Wildman–Crippen LogP) is -8.39. The molecule has 0 fully saturated rings. The van der Waals surface area contributed by atoms with Gasteiger partial charge in [0.15, 0.2) is 0 Å². The molecule has 0 saturated carbocycles. The zero-order valence-electron chi connectivity index (χ0n) is 6.72. The van der Waals surface area contributed by atoms with Crippen LogP contribution in [0, 0.1) is 0 Å². The van der Waals surface area contributed by atoms with Gasteiger partial charge in [-0.3, -0.25) is 0 Å². The molecule has 56 valence electrons. The summed E-state index contributed by atoms with van der Waals surface area (Å²) in [5.74, 6) is -2.18. The summed E-state index contributed by atoms with van der Waals surface area (Å²) in [6.45, 7) is 1.02. The van der Waals surface area contributed by atoms with Crippen molar-refractivity contribution in [1.29, 1.82) is 0 Å². The molecule has 2 N–H and O–H groups in total. The molecule has 2 atom stereocenters. The molecule has 0 spiro atoms. The van der Waals surface area contributed by atoms with Crippen LogP contribution in [0.2, 0.25) is 0 Å². The largest absolute Gasteiger partial charge is 1.00 e. The molecule has 0 aliphatic heterocycles. The monoisotopic (exact) mass is 200 g/mol. The Balaban J connectivity index is -0.000000320. The fourth-order valence-corrected chi connectivity index (χ4v) is 0.793. The summed E-state index contributed by atoms with van der Waals surface area (Å²) in [7, 11) is -5.01. The number of aliphatic hydroxyl groups excluding tert-OH is 2. The van der Waals surface area contributed by atoms with Gasteiger partial charge in [-0.25, -0.2) is 0 Å². The molecule has 8 heteroatoms. The van der Waals surface area contributed by atoms with E-state index in [-0.39, 0.29) is 59.1 Å². The molecule has 0 bridgehead atoms. The third kappa shape index (κ3) is 8.40. The molecule has 5 nitrogen and oxygen atoms in total. The molecule has 0 saturated heterocycles. The maximum atomic E-state index is 9.83. The van der Waals surface area contributed by atoms with Gasteiger partial charge in [-0.15, -0.1) is 0 Å². The zero-order chi connectivity index (χ0) is 7.65. The summed E-state index contributed by atoms with van der Waals surface area (Å²) in [5.41, 5.74) is 0. The SMILES string of the molecule is CC(O)C(O)P(=O)([O-])[O-].[Na+].[Na+]. The molecule has 0 aliphatic rings. The Morgan fingerprint density at radius 3 is 1.55 bits per heavy atom. The average Bonchev–Trinajstić information content (AvgIpc) is 1.62. The van der Waals surface area contributed by atoms with Crippen molar-refractivity contribution >= 4 is 7.60 Å². The molecule has 0 aromatic heterocycles. The molecule has 0 aliphatic carbocycles. The zero-order valence-corrected chi connectivity index (χ0v) is 11.6. The molecule has 0 radical (unpaired) electrons. The van der Waals surface area contributed by atoms with E-state index in [1.165, 1.54) is 0 Å². The van der Waals surface area contributed by atoms with Gasteiger partial charge in [-0.2, -0.15) is 0 Å². The van der Waals surface area contributed by atoms with Crippen LogP contribution in [0.15, 0.2) is 0 Å². The second-order valence-corrected chi connectivity index (χ2v) is 3.30. The summed E-state index contributed by atoms with van der Waals surface area (Å²) in [6.07, 6.45) is -1.52. The molecule has 0 amide bonds. The quantitative estimate of drug-likeness (QED) is 0.340. The van der Waals surface area contributed by atoms with Crippen LogP contribution in [-0.4, -0.2) is 22.2 Å². The third-order valence-corrected chi connectivity index (χ3v) is 1.83. The fraction of sp³-hybridized carbons (Fsp3) is 1.00. The van der Waals surface area contributed by atoms with Crippen LogP contribution in [0.4, 0.5) is 0 Å². The molecule has 0 rings (SSSR count). The second-order valence-electron chi connectivity index (χ2n) is 1.69. The summed E-state index contributed by atoms with van der Waals surface area (Å²) >= 11 is 0. The first-order valence-electron chi connectivity index (χ1n) is 2.23. The van der Waals surface area contributed by atoms with Gasteiger partial charge in [-0.1, -0.05) is 0 Å². The standard InChI is InChI=1S/C3H9O5P.2Na/c1-2(4)3(5)9(6,7)8;;/h2-5H,1H3,(H2,6,7,8);;/q;2*+1/p-2. The van der Waals surface area contributed by atoms with Gasteiger partial charge >= 0.3 is 59.1 Å². The van der Waals surface area contributed by atoms with Gasteiger partial charge in [0.05, 0.1) is 6.10 Å². The van der Waals surface area contributed by atoms with Crippen LogP contribution in [0.5, 0.6) is 0 Å². The van der Waals surface area contributed by atoms with Crippen LogP contribution in [-0.2, 0) is 4.57 Å². The van der Waals surface area contributed by atoms with E-state index in [1.807, 2.05) is 0 Å².